The first kappa shape index (κ1) is 18.6. The molecule has 0 radical (unpaired) electrons. The molecule has 1 aliphatic rings. The fraction of sp³-hybridized carbons (Fsp3) is 0.250. The zero-order chi connectivity index (χ0) is 19.8. The number of carbonyl (C=O) groups is 3. The number of hydrogen-bond acceptors (Lipinski definition) is 6. The Morgan fingerprint density at radius 2 is 1.81 bits per heavy atom. The number of cyclic esters (lactones) is 1. The average molecular weight is 371 g/mol. The Labute approximate surface area is 154 Å². The molecule has 0 spiro atoms. The summed E-state index contributed by atoms with van der Waals surface area (Å²) in [5.41, 5.74) is -2.04. The minimum Gasteiger partial charge on any atom is -0.545 e. The van der Waals surface area contributed by atoms with Gasteiger partial charge in [0.25, 0.3) is 0 Å². The Bertz CT molecular complexity index is 906. The van der Waals surface area contributed by atoms with Crippen molar-refractivity contribution in [2.45, 2.75) is 31.7 Å². The van der Waals surface area contributed by atoms with Gasteiger partial charge in [0, 0.05) is 5.56 Å². The molecule has 0 aromatic heterocycles. The summed E-state index contributed by atoms with van der Waals surface area (Å²) in [6, 6.07) is 12.2. The maximum absolute atomic E-state index is 15.0. The van der Waals surface area contributed by atoms with Gasteiger partial charge in [0.15, 0.2) is 12.2 Å². The lowest BCUT2D eigenvalue weighted by Gasteiger charge is -2.24. The zero-order valence-electron chi connectivity index (χ0n) is 14.6. The summed E-state index contributed by atoms with van der Waals surface area (Å²) in [7, 11) is 0. The highest BCUT2D eigenvalue weighted by molar-refractivity contribution is 5.91. The molecule has 0 aliphatic carbocycles. The number of aromatic carboxylic acids is 1. The SMILES string of the molecule is Cc1c(C(=O)[O-])cccc1[C@@H]1OC(=O)[C@@](C)(F)[C@H]1OC(=O)c1ccccc1. The maximum atomic E-state index is 15.0. The molecule has 3 rings (SSSR count). The summed E-state index contributed by atoms with van der Waals surface area (Å²) in [6.45, 7) is 2.45. The van der Waals surface area contributed by atoms with Crippen LogP contribution in [0.25, 0.3) is 0 Å². The van der Waals surface area contributed by atoms with Gasteiger partial charge in [-0.05, 0) is 37.1 Å². The largest absolute Gasteiger partial charge is 0.545 e. The molecule has 7 heteroatoms. The van der Waals surface area contributed by atoms with Crippen LogP contribution in [0.2, 0.25) is 0 Å². The molecule has 2 aromatic rings. The second-order valence-electron chi connectivity index (χ2n) is 6.40. The van der Waals surface area contributed by atoms with E-state index in [-0.39, 0.29) is 22.3 Å². The third kappa shape index (κ3) is 3.28. The summed E-state index contributed by atoms with van der Waals surface area (Å²) in [6.07, 6.45) is -2.85. The first-order valence-electron chi connectivity index (χ1n) is 8.20. The van der Waals surface area contributed by atoms with Crippen LogP contribution < -0.4 is 5.11 Å². The number of rotatable bonds is 4. The quantitative estimate of drug-likeness (QED) is 0.763. The summed E-state index contributed by atoms with van der Waals surface area (Å²) < 4.78 is 25.4. The average Bonchev–Trinajstić information content (AvgIpc) is 2.85. The Kier molecular flexibility index (Phi) is 4.70. The van der Waals surface area contributed by atoms with E-state index in [1.165, 1.54) is 37.3 Å². The van der Waals surface area contributed by atoms with E-state index in [0.717, 1.165) is 6.92 Å². The number of carboxylic acid groups (broad SMARTS) is 1. The molecule has 6 nitrogen and oxygen atoms in total. The van der Waals surface area contributed by atoms with Crippen molar-refractivity contribution in [3.05, 3.63) is 70.8 Å². The number of carboxylic acids is 1. The number of carbonyl (C=O) groups excluding carboxylic acids is 3. The van der Waals surface area contributed by atoms with Crippen LogP contribution in [0.4, 0.5) is 4.39 Å². The highest BCUT2D eigenvalue weighted by atomic mass is 19.1. The molecule has 0 N–H and O–H groups in total. The molecule has 27 heavy (non-hydrogen) atoms. The number of benzene rings is 2. The van der Waals surface area contributed by atoms with Crippen LogP contribution in [-0.2, 0) is 14.3 Å². The molecule has 0 amide bonds. The van der Waals surface area contributed by atoms with Gasteiger partial charge in [0.1, 0.15) is 0 Å². The summed E-state index contributed by atoms with van der Waals surface area (Å²) in [4.78, 5) is 35.6. The van der Waals surface area contributed by atoms with E-state index >= 15 is 0 Å². The van der Waals surface area contributed by atoms with E-state index in [4.69, 9.17) is 9.47 Å². The molecule has 3 atom stereocenters. The van der Waals surface area contributed by atoms with E-state index in [2.05, 4.69) is 0 Å². The second-order valence-corrected chi connectivity index (χ2v) is 6.40. The fourth-order valence-corrected chi connectivity index (χ4v) is 3.03. The van der Waals surface area contributed by atoms with Crippen LogP contribution in [0, 0.1) is 6.92 Å². The lowest BCUT2D eigenvalue weighted by molar-refractivity contribution is -0.255. The number of hydrogen-bond donors (Lipinski definition) is 0. The van der Waals surface area contributed by atoms with E-state index in [1.54, 1.807) is 18.2 Å². The van der Waals surface area contributed by atoms with Gasteiger partial charge in [-0.2, -0.15) is 0 Å². The molecule has 0 unspecified atom stereocenters. The van der Waals surface area contributed by atoms with Gasteiger partial charge in [-0.1, -0.05) is 36.4 Å². The topological polar surface area (TPSA) is 92.7 Å². The van der Waals surface area contributed by atoms with E-state index in [0.29, 0.717) is 0 Å². The van der Waals surface area contributed by atoms with Gasteiger partial charge in [-0.15, -0.1) is 0 Å². The van der Waals surface area contributed by atoms with Gasteiger partial charge in [0.05, 0.1) is 11.5 Å². The molecule has 1 saturated heterocycles. The molecular formula is C20H16FO6-. The Balaban J connectivity index is 1.99. The maximum Gasteiger partial charge on any atom is 0.348 e. The molecule has 0 bridgehead atoms. The lowest BCUT2D eigenvalue weighted by Crippen LogP contribution is -2.40. The highest BCUT2D eigenvalue weighted by Gasteiger charge is 2.58. The zero-order valence-corrected chi connectivity index (χ0v) is 14.6. The minimum absolute atomic E-state index is 0.121. The lowest BCUT2D eigenvalue weighted by atomic mass is 9.91. The van der Waals surface area contributed by atoms with Crippen LogP contribution in [0.3, 0.4) is 0 Å². The van der Waals surface area contributed by atoms with Crippen molar-refractivity contribution < 1.29 is 33.4 Å². The molecule has 1 aliphatic heterocycles. The Morgan fingerprint density at radius 1 is 1.15 bits per heavy atom. The monoisotopic (exact) mass is 371 g/mol. The minimum atomic E-state index is -2.58. The van der Waals surface area contributed by atoms with Gasteiger partial charge in [-0.3, -0.25) is 0 Å². The van der Waals surface area contributed by atoms with E-state index in [1.807, 2.05) is 0 Å². The predicted octanol–water partition coefficient (Wildman–Crippen LogP) is 1.91. The number of esters is 2. The number of alkyl halides is 1. The van der Waals surface area contributed by atoms with Crippen molar-refractivity contribution in [3.63, 3.8) is 0 Å². The van der Waals surface area contributed by atoms with Gasteiger partial charge < -0.3 is 19.4 Å². The normalized spacial score (nSPS) is 24.3. The molecule has 1 fully saturated rings. The Hall–Kier alpha value is -3.22. The van der Waals surface area contributed by atoms with Crippen LogP contribution >= 0.6 is 0 Å². The number of ether oxygens (including phenoxy) is 2. The first-order valence-corrected chi connectivity index (χ1v) is 8.20. The van der Waals surface area contributed by atoms with Crippen molar-refractivity contribution in [1.29, 1.82) is 0 Å². The van der Waals surface area contributed by atoms with Crippen LogP contribution in [0.1, 0.15) is 44.9 Å². The van der Waals surface area contributed by atoms with Crippen molar-refractivity contribution in [2.24, 2.45) is 0 Å². The summed E-state index contributed by atoms with van der Waals surface area (Å²) >= 11 is 0. The van der Waals surface area contributed by atoms with Crippen molar-refractivity contribution in [2.75, 3.05) is 0 Å². The molecular weight excluding hydrogens is 355 g/mol. The van der Waals surface area contributed by atoms with E-state index in [9.17, 15) is 23.9 Å². The fourth-order valence-electron chi connectivity index (χ4n) is 3.03. The smallest absolute Gasteiger partial charge is 0.348 e. The van der Waals surface area contributed by atoms with E-state index < -0.39 is 35.8 Å². The molecule has 140 valence electrons. The van der Waals surface area contributed by atoms with Crippen LogP contribution in [0.5, 0.6) is 0 Å². The number of halogens is 1. The highest BCUT2D eigenvalue weighted by Crippen LogP contribution is 2.42. The van der Waals surface area contributed by atoms with Gasteiger partial charge in [-0.25, -0.2) is 14.0 Å². The van der Waals surface area contributed by atoms with Crippen molar-refractivity contribution in [3.8, 4) is 0 Å². The van der Waals surface area contributed by atoms with Gasteiger partial charge in [0.2, 0.25) is 5.67 Å². The summed E-state index contributed by atoms with van der Waals surface area (Å²) in [5, 5.41) is 11.2. The third-order valence-corrected chi connectivity index (χ3v) is 4.59. The molecule has 1 heterocycles. The third-order valence-electron chi connectivity index (χ3n) is 4.59. The first-order chi connectivity index (χ1) is 12.7. The van der Waals surface area contributed by atoms with Crippen LogP contribution in [-0.4, -0.2) is 29.7 Å². The molecule has 0 saturated carbocycles. The second kappa shape index (κ2) is 6.83. The van der Waals surface area contributed by atoms with Gasteiger partial charge >= 0.3 is 11.9 Å². The van der Waals surface area contributed by atoms with Crippen molar-refractivity contribution >= 4 is 17.9 Å². The van der Waals surface area contributed by atoms with Crippen molar-refractivity contribution in [1.82, 2.24) is 0 Å². The Morgan fingerprint density at radius 3 is 2.44 bits per heavy atom. The molecule has 2 aromatic carbocycles. The standard InChI is InChI=1S/C20H17FO6/c1-11-13(9-6-10-14(11)17(22)23)15-16(20(2,21)19(25)26-15)27-18(24)12-7-4-3-5-8-12/h3-10,15-16H,1-2H3,(H,22,23)/p-1/t15-,16-,20-/m0/s1. The van der Waals surface area contributed by atoms with Crippen LogP contribution in [0.15, 0.2) is 48.5 Å². The predicted molar refractivity (Wildman–Crippen MR) is 89.5 cm³/mol. The summed E-state index contributed by atoms with van der Waals surface area (Å²) in [5.74, 6) is -3.42.